The van der Waals surface area contributed by atoms with Crippen LogP contribution in [-0.4, -0.2) is 18.9 Å². The first kappa shape index (κ1) is 9.62. The third-order valence-corrected chi connectivity index (χ3v) is 1.12. The number of esters is 1. The second kappa shape index (κ2) is 4.44. The second-order valence-corrected chi connectivity index (χ2v) is 1.92. The molecule has 0 aromatic heterocycles. The molecule has 0 amide bonds. The van der Waals surface area contributed by atoms with Crippen molar-refractivity contribution in [1.29, 1.82) is 0 Å². The van der Waals surface area contributed by atoms with Crippen LogP contribution >= 0.6 is 0 Å². The zero-order valence-corrected chi connectivity index (χ0v) is 6.42. The van der Waals surface area contributed by atoms with E-state index in [4.69, 9.17) is 0 Å². The molecule has 0 heterocycles. The molecule has 0 aromatic rings. The van der Waals surface area contributed by atoms with Gasteiger partial charge in [-0.1, -0.05) is 13.2 Å². The fourth-order valence-electron chi connectivity index (χ4n) is 0.478. The molecule has 0 unspecified atom stereocenters. The lowest BCUT2D eigenvalue weighted by atomic mass is 10.1. The molecule has 0 aliphatic rings. The number of methoxy groups -OCH3 is 1. The fourth-order valence-corrected chi connectivity index (χ4v) is 0.478. The highest BCUT2D eigenvalue weighted by atomic mass is 16.5. The second-order valence-electron chi connectivity index (χ2n) is 1.92. The van der Waals surface area contributed by atoms with Crippen LogP contribution in [0.2, 0.25) is 0 Å². The van der Waals surface area contributed by atoms with Gasteiger partial charge in [0.15, 0.2) is 5.78 Å². The van der Waals surface area contributed by atoms with Crippen molar-refractivity contribution in [2.24, 2.45) is 0 Å². The molecular formula is C8H10O3. The maximum atomic E-state index is 10.7. The number of carbonyl (C=O) groups is 2. The number of ether oxygens (including phenoxy) is 1. The van der Waals surface area contributed by atoms with Gasteiger partial charge < -0.3 is 4.74 Å². The molecule has 0 saturated heterocycles. The molecule has 0 N–H and O–H groups in total. The average Bonchev–Trinajstić information content (AvgIpc) is 2.02. The minimum atomic E-state index is -0.467. The molecule has 3 heteroatoms. The van der Waals surface area contributed by atoms with Gasteiger partial charge in [-0.15, -0.1) is 0 Å². The largest absolute Gasteiger partial charge is 0.469 e. The number of hydrogen-bond acceptors (Lipinski definition) is 3. The van der Waals surface area contributed by atoms with Crippen LogP contribution in [0.25, 0.3) is 0 Å². The average molecular weight is 154 g/mol. The quantitative estimate of drug-likeness (QED) is 0.445. The highest BCUT2D eigenvalue weighted by Gasteiger charge is 2.07. The zero-order chi connectivity index (χ0) is 8.85. The Morgan fingerprint density at radius 2 is 2.09 bits per heavy atom. The molecule has 0 saturated carbocycles. The van der Waals surface area contributed by atoms with Crippen LogP contribution in [0, 0.1) is 0 Å². The summed E-state index contributed by atoms with van der Waals surface area (Å²) in [6.07, 6.45) is 1.05. The Hall–Kier alpha value is -1.38. The van der Waals surface area contributed by atoms with Crippen molar-refractivity contribution in [3.05, 3.63) is 24.8 Å². The predicted molar refractivity (Wildman–Crippen MR) is 41.0 cm³/mol. The van der Waals surface area contributed by atoms with Gasteiger partial charge in [0.25, 0.3) is 0 Å². The Bertz CT molecular complexity index is 203. The molecule has 0 fully saturated rings. The molecule has 0 aliphatic heterocycles. The van der Waals surface area contributed by atoms with Crippen LogP contribution in [0.4, 0.5) is 0 Å². The van der Waals surface area contributed by atoms with E-state index in [-0.39, 0.29) is 17.8 Å². The lowest BCUT2D eigenvalue weighted by Crippen LogP contribution is -2.06. The van der Waals surface area contributed by atoms with E-state index in [2.05, 4.69) is 17.9 Å². The first-order valence-electron chi connectivity index (χ1n) is 3.03. The monoisotopic (exact) mass is 154 g/mol. The summed E-state index contributed by atoms with van der Waals surface area (Å²) in [7, 11) is 1.26. The highest BCUT2D eigenvalue weighted by molar-refractivity contribution is 6.05. The number of carbonyl (C=O) groups excluding carboxylic acids is 2. The zero-order valence-electron chi connectivity index (χ0n) is 6.42. The molecule has 3 nitrogen and oxygen atoms in total. The number of allylic oxidation sites excluding steroid dienone is 1. The Morgan fingerprint density at radius 3 is 2.45 bits per heavy atom. The fraction of sp³-hybridized carbons (Fsp3) is 0.250. The van der Waals surface area contributed by atoms with E-state index in [1.807, 2.05) is 0 Å². The summed E-state index contributed by atoms with van der Waals surface area (Å²) in [4.78, 5) is 21.3. The van der Waals surface area contributed by atoms with E-state index in [0.29, 0.717) is 0 Å². The molecule has 60 valence electrons. The van der Waals surface area contributed by atoms with Crippen LogP contribution < -0.4 is 0 Å². The van der Waals surface area contributed by atoms with Crippen LogP contribution in [-0.2, 0) is 14.3 Å². The molecule has 0 radical (unpaired) electrons. The SMILES string of the molecule is C=CC(=O)C(=C)CC(=O)OC. The van der Waals surface area contributed by atoms with Gasteiger partial charge in [0.2, 0.25) is 0 Å². The van der Waals surface area contributed by atoms with Crippen molar-refractivity contribution in [2.45, 2.75) is 6.42 Å². The first-order chi connectivity index (χ1) is 5.11. The van der Waals surface area contributed by atoms with E-state index in [9.17, 15) is 9.59 Å². The van der Waals surface area contributed by atoms with Gasteiger partial charge in [-0.3, -0.25) is 9.59 Å². The Morgan fingerprint density at radius 1 is 1.55 bits per heavy atom. The molecule has 0 aliphatic carbocycles. The van der Waals surface area contributed by atoms with Crippen LogP contribution in [0.15, 0.2) is 24.8 Å². The summed E-state index contributed by atoms with van der Waals surface area (Å²) in [5.41, 5.74) is 0.201. The maximum Gasteiger partial charge on any atom is 0.310 e. The summed E-state index contributed by atoms with van der Waals surface area (Å²) >= 11 is 0. The van der Waals surface area contributed by atoms with Gasteiger partial charge in [0.1, 0.15) is 0 Å². The van der Waals surface area contributed by atoms with Crippen molar-refractivity contribution in [2.75, 3.05) is 7.11 Å². The third-order valence-electron chi connectivity index (χ3n) is 1.12. The van der Waals surface area contributed by atoms with Gasteiger partial charge in [-0.2, -0.15) is 0 Å². The number of ketones is 1. The van der Waals surface area contributed by atoms with E-state index >= 15 is 0 Å². The molecule has 0 spiro atoms. The molecule has 11 heavy (non-hydrogen) atoms. The van der Waals surface area contributed by atoms with E-state index < -0.39 is 5.97 Å². The normalized spacial score (nSPS) is 8.45. The summed E-state index contributed by atoms with van der Waals surface area (Å²) in [6.45, 7) is 6.64. The summed E-state index contributed by atoms with van der Waals surface area (Å²) in [5.74, 6) is -0.791. The lowest BCUT2D eigenvalue weighted by Gasteiger charge is -1.98. The van der Waals surface area contributed by atoms with E-state index in [1.54, 1.807) is 0 Å². The molecule has 0 atom stereocenters. The molecular weight excluding hydrogens is 144 g/mol. The van der Waals surface area contributed by atoms with Crippen molar-refractivity contribution in [3.8, 4) is 0 Å². The topological polar surface area (TPSA) is 43.4 Å². The molecule has 0 aromatic carbocycles. The van der Waals surface area contributed by atoms with Crippen LogP contribution in [0.5, 0.6) is 0 Å². The Balaban J connectivity index is 3.97. The minimum Gasteiger partial charge on any atom is -0.469 e. The van der Waals surface area contributed by atoms with Crippen LogP contribution in [0.1, 0.15) is 6.42 Å². The standard InChI is InChI=1S/C8H10O3/c1-4-7(9)6(2)5-8(10)11-3/h4H,1-2,5H2,3H3. The summed E-state index contributed by atoms with van der Waals surface area (Å²) in [5, 5.41) is 0. The Kier molecular flexibility index (Phi) is 3.88. The smallest absolute Gasteiger partial charge is 0.310 e. The maximum absolute atomic E-state index is 10.7. The number of rotatable bonds is 4. The highest BCUT2D eigenvalue weighted by Crippen LogP contribution is 2.01. The van der Waals surface area contributed by atoms with Crippen LogP contribution in [0.3, 0.4) is 0 Å². The summed E-state index contributed by atoms with van der Waals surface area (Å²) in [6, 6.07) is 0. The predicted octanol–water partition coefficient (Wildman–Crippen LogP) is 0.861. The summed E-state index contributed by atoms with van der Waals surface area (Å²) < 4.78 is 4.33. The van der Waals surface area contributed by atoms with Gasteiger partial charge in [-0.05, 0) is 6.08 Å². The van der Waals surface area contributed by atoms with Crippen molar-refractivity contribution in [1.82, 2.24) is 0 Å². The first-order valence-corrected chi connectivity index (χ1v) is 3.03. The third kappa shape index (κ3) is 3.35. The van der Waals surface area contributed by atoms with E-state index in [1.165, 1.54) is 7.11 Å². The van der Waals surface area contributed by atoms with Gasteiger partial charge in [0, 0.05) is 5.57 Å². The van der Waals surface area contributed by atoms with Crippen molar-refractivity contribution >= 4 is 11.8 Å². The van der Waals surface area contributed by atoms with Crippen molar-refractivity contribution < 1.29 is 14.3 Å². The van der Waals surface area contributed by atoms with Gasteiger partial charge in [-0.25, -0.2) is 0 Å². The minimum absolute atomic E-state index is 0.0681. The molecule has 0 rings (SSSR count). The van der Waals surface area contributed by atoms with Crippen molar-refractivity contribution in [3.63, 3.8) is 0 Å². The molecule has 0 bridgehead atoms. The van der Waals surface area contributed by atoms with Gasteiger partial charge in [0.05, 0.1) is 13.5 Å². The number of hydrogen-bond donors (Lipinski definition) is 0. The van der Waals surface area contributed by atoms with E-state index in [0.717, 1.165) is 6.08 Å². The lowest BCUT2D eigenvalue weighted by molar-refractivity contribution is -0.140. The van der Waals surface area contributed by atoms with Gasteiger partial charge >= 0.3 is 5.97 Å². The Labute approximate surface area is 65.4 Å².